The van der Waals surface area contributed by atoms with Crippen LogP contribution in [-0.4, -0.2) is 17.1 Å². The minimum absolute atomic E-state index is 0.146. The summed E-state index contributed by atoms with van der Waals surface area (Å²) >= 11 is 0. The molecule has 4 nitrogen and oxygen atoms in total. The van der Waals surface area contributed by atoms with E-state index in [1.54, 1.807) is 19.2 Å². The van der Waals surface area contributed by atoms with Gasteiger partial charge in [0.15, 0.2) is 0 Å². The molecule has 1 aromatic carbocycles. The van der Waals surface area contributed by atoms with Gasteiger partial charge in [0.05, 0.1) is 12.6 Å². The zero-order valence-electron chi connectivity index (χ0n) is 10.5. The van der Waals surface area contributed by atoms with Crippen molar-refractivity contribution in [1.29, 1.82) is 0 Å². The Labute approximate surface area is 99.7 Å². The maximum Gasteiger partial charge on any atom is 0.345 e. The first-order valence-electron chi connectivity index (χ1n) is 5.50. The molecule has 4 heteroatoms. The Hall–Kier alpha value is -1.84. The monoisotopic (exact) mass is 232 g/mol. The summed E-state index contributed by atoms with van der Waals surface area (Å²) in [7, 11) is 1.62. The third-order valence-electron chi connectivity index (χ3n) is 2.68. The molecule has 0 aliphatic heterocycles. The summed E-state index contributed by atoms with van der Waals surface area (Å²) < 4.78 is 5.20. The van der Waals surface area contributed by atoms with E-state index in [-0.39, 0.29) is 11.1 Å². The van der Waals surface area contributed by atoms with Gasteiger partial charge >= 0.3 is 5.69 Å². The molecule has 0 saturated heterocycles. The van der Waals surface area contributed by atoms with E-state index in [9.17, 15) is 4.79 Å². The molecule has 0 atom stereocenters. The fraction of sp³-hybridized carbons (Fsp3) is 0.385. The molecule has 2 rings (SSSR count). The van der Waals surface area contributed by atoms with Crippen LogP contribution in [0.4, 0.5) is 0 Å². The highest BCUT2D eigenvalue weighted by atomic mass is 16.5. The van der Waals surface area contributed by atoms with Crippen molar-refractivity contribution in [3.8, 4) is 5.75 Å². The van der Waals surface area contributed by atoms with E-state index in [2.05, 4.69) is 30.7 Å². The highest BCUT2D eigenvalue weighted by Crippen LogP contribution is 2.28. The van der Waals surface area contributed by atoms with Gasteiger partial charge in [-0.1, -0.05) is 20.8 Å². The molecule has 0 spiro atoms. The van der Waals surface area contributed by atoms with Crippen molar-refractivity contribution in [3.63, 3.8) is 0 Å². The molecule has 0 saturated carbocycles. The summed E-state index contributed by atoms with van der Waals surface area (Å²) in [5.41, 5.74) is 1.12. The normalized spacial score (nSPS) is 11.8. The smallest absolute Gasteiger partial charge is 0.345 e. The molecule has 0 fully saturated rings. The summed E-state index contributed by atoms with van der Waals surface area (Å²) in [6.07, 6.45) is 0. The number of nitrogens with zero attached hydrogens (tertiary/aromatic N) is 1. The van der Waals surface area contributed by atoms with Crippen LogP contribution < -0.4 is 10.4 Å². The second-order valence-electron chi connectivity index (χ2n) is 5.05. The molecule has 0 aliphatic carbocycles. The Kier molecular flexibility index (Phi) is 2.65. The predicted octanol–water partition coefficient (Wildman–Crippen LogP) is 2.23. The second-order valence-corrected chi connectivity index (χ2v) is 5.05. The lowest BCUT2D eigenvalue weighted by molar-refractivity contribution is 0.415. The van der Waals surface area contributed by atoms with Gasteiger partial charge in [0.1, 0.15) is 5.75 Å². The maximum absolute atomic E-state index is 11.5. The van der Waals surface area contributed by atoms with Gasteiger partial charge in [0.25, 0.3) is 0 Å². The van der Waals surface area contributed by atoms with E-state index in [1.807, 2.05) is 6.07 Å². The molecule has 0 radical (unpaired) electrons. The predicted molar refractivity (Wildman–Crippen MR) is 67.6 cm³/mol. The van der Waals surface area contributed by atoms with E-state index in [0.717, 1.165) is 16.8 Å². The first kappa shape index (κ1) is 11.6. The van der Waals surface area contributed by atoms with Crippen molar-refractivity contribution in [3.05, 3.63) is 34.4 Å². The standard InChI is InChI=1S/C13H16N2O2/c1-13(2,3)11-9-7-8(17-4)5-6-10(9)14-12(16)15-11/h5-7H,1-4H3,(H,14,15,16). The highest BCUT2D eigenvalue weighted by Gasteiger charge is 2.19. The maximum atomic E-state index is 11.5. The number of ether oxygens (including phenoxy) is 1. The van der Waals surface area contributed by atoms with Gasteiger partial charge in [-0.2, -0.15) is 4.98 Å². The van der Waals surface area contributed by atoms with Gasteiger partial charge in [0, 0.05) is 16.5 Å². The minimum Gasteiger partial charge on any atom is -0.497 e. The molecular formula is C13H16N2O2. The Morgan fingerprint density at radius 1 is 1.29 bits per heavy atom. The Morgan fingerprint density at radius 2 is 2.00 bits per heavy atom. The number of benzene rings is 1. The summed E-state index contributed by atoms with van der Waals surface area (Å²) in [4.78, 5) is 18.3. The van der Waals surface area contributed by atoms with Gasteiger partial charge in [-0.3, -0.25) is 0 Å². The van der Waals surface area contributed by atoms with Gasteiger partial charge in [-0.15, -0.1) is 0 Å². The Bertz CT molecular complexity index is 609. The summed E-state index contributed by atoms with van der Waals surface area (Å²) in [6, 6.07) is 5.51. The third kappa shape index (κ3) is 2.16. The van der Waals surface area contributed by atoms with Gasteiger partial charge < -0.3 is 9.72 Å². The number of hydrogen-bond acceptors (Lipinski definition) is 3. The number of aromatic amines is 1. The van der Waals surface area contributed by atoms with Crippen molar-refractivity contribution in [2.75, 3.05) is 7.11 Å². The van der Waals surface area contributed by atoms with Crippen LogP contribution in [0.1, 0.15) is 26.5 Å². The average molecular weight is 232 g/mol. The fourth-order valence-corrected chi connectivity index (χ4v) is 1.84. The van der Waals surface area contributed by atoms with Gasteiger partial charge in [0.2, 0.25) is 0 Å². The summed E-state index contributed by atoms with van der Waals surface area (Å²) in [5.74, 6) is 0.761. The van der Waals surface area contributed by atoms with Crippen molar-refractivity contribution in [1.82, 2.24) is 9.97 Å². The molecule has 0 aliphatic rings. The van der Waals surface area contributed by atoms with Crippen LogP contribution in [0.15, 0.2) is 23.0 Å². The third-order valence-corrected chi connectivity index (χ3v) is 2.68. The zero-order chi connectivity index (χ0) is 12.6. The zero-order valence-corrected chi connectivity index (χ0v) is 10.5. The number of H-pyrrole nitrogens is 1. The van der Waals surface area contributed by atoms with Crippen LogP contribution in [0.3, 0.4) is 0 Å². The van der Waals surface area contributed by atoms with Crippen molar-refractivity contribution >= 4 is 10.9 Å². The molecule has 1 N–H and O–H groups in total. The van der Waals surface area contributed by atoms with E-state index in [0.29, 0.717) is 5.52 Å². The van der Waals surface area contributed by atoms with Crippen molar-refractivity contribution in [2.24, 2.45) is 0 Å². The second kappa shape index (κ2) is 3.87. The molecule has 1 aromatic heterocycles. The van der Waals surface area contributed by atoms with Crippen LogP contribution >= 0.6 is 0 Å². The number of hydrogen-bond donors (Lipinski definition) is 1. The van der Waals surface area contributed by atoms with Crippen LogP contribution in [0.2, 0.25) is 0 Å². The van der Waals surface area contributed by atoms with E-state index >= 15 is 0 Å². The molecule has 17 heavy (non-hydrogen) atoms. The van der Waals surface area contributed by atoms with E-state index in [1.165, 1.54) is 0 Å². The number of methoxy groups -OCH3 is 1. The average Bonchev–Trinajstić information content (AvgIpc) is 2.26. The molecule has 0 amide bonds. The van der Waals surface area contributed by atoms with Gasteiger partial charge in [-0.25, -0.2) is 4.79 Å². The number of fused-ring (bicyclic) bond motifs is 1. The molecule has 0 bridgehead atoms. The lowest BCUT2D eigenvalue weighted by Crippen LogP contribution is -2.22. The lowest BCUT2D eigenvalue weighted by atomic mass is 9.89. The fourth-order valence-electron chi connectivity index (χ4n) is 1.84. The number of aromatic nitrogens is 2. The Morgan fingerprint density at radius 3 is 2.59 bits per heavy atom. The Balaban J connectivity index is 2.85. The quantitative estimate of drug-likeness (QED) is 0.820. The minimum atomic E-state index is -0.312. The molecule has 2 aromatic rings. The number of nitrogens with one attached hydrogen (secondary N) is 1. The summed E-state index contributed by atoms with van der Waals surface area (Å²) in [5, 5.41) is 0.927. The first-order valence-corrected chi connectivity index (χ1v) is 5.50. The molecule has 90 valence electrons. The van der Waals surface area contributed by atoms with Crippen LogP contribution in [0.25, 0.3) is 10.9 Å². The van der Waals surface area contributed by atoms with Crippen LogP contribution in [0, 0.1) is 0 Å². The van der Waals surface area contributed by atoms with Crippen LogP contribution in [0.5, 0.6) is 5.75 Å². The van der Waals surface area contributed by atoms with E-state index < -0.39 is 0 Å². The van der Waals surface area contributed by atoms with E-state index in [4.69, 9.17) is 4.74 Å². The van der Waals surface area contributed by atoms with Crippen molar-refractivity contribution < 1.29 is 4.74 Å². The molecule has 0 unspecified atom stereocenters. The largest absolute Gasteiger partial charge is 0.497 e. The van der Waals surface area contributed by atoms with Crippen LogP contribution in [-0.2, 0) is 5.41 Å². The van der Waals surface area contributed by atoms with Crippen molar-refractivity contribution in [2.45, 2.75) is 26.2 Å². The first-order chi connectivity index (χ1) is 7.91. The lowest BCUT2D eigenvalue weighted by Gasteiger charge is -2.20. The number of rotatable bonds is 1. The summed E-state index contributed by atoms with van der Waals surface area (Å²) in [6.45, 7) is 6.16. The molecular weight excluding hydrogens is 216 g/mol. The molecule has 1 heterocycles. The SMILES string of the molecule is COc1ccc2nc(=O)[nH]c(C(C)(C)C)c2c1. The van der Waals surface area contributed by atoms with Gasteiger partial charge in [-0.05, 0) is 18.2 Å². The topological polar surface area (TPSA) is 55.0 Å². The highest BCUT2D eigenvalue weighted by molar-refractivity contribution is 5.83.